The Morgan fingerprint density at radius 3 is 2.81 bits per heavy atom. The number of hydrogen-bond donors (Lipinski definition) is 1. The average Bonchev–Trinajstić information content (AvgIpc) is 3.18. The maximum atomic E-state index is 12.4. The molecule has 2 amide bonds. The van der Waals surface area contributed by atoms with Gasteiger partial charge in [-0.25, -0.2) is 0 Å². The number of carboxylic acid groups (broad SMARTS) is 1. The third-order valence-corrected chi connectivity index (χ3v) is 4.62. The Kier molecular flexibility index (Phi) is 7.17. The van der Waals surface area contributed by atoms with Crippen molar-refractivity contribution < 1.29 is 63.4 Å². The molecule has 0 aromatic carbocycles. The number of carbonyl (C=O) groups excluding carboxylic acids is 4. The Morgan fingerprint density at radius 2 is 2.22 bits per heavy atom. The molecular weight excluding hydrogens is 391 g/mol. The molecule has 0 radical (unpaired) electrons. The number of amides is 2. The molecule has 1 N–H and O–H groups in total. The fourth-order valence-electron chi connectivity index (χ4n) is 2.48. The van der Waals surface area contributed by atoms with Gasteiger partial charge in [-0.15, -0.1) is 5.10 Å². The SMILES string of the molecule is O=C(CSc1cccnn1)N[C@H]1CON(C2(C(=O)[O-])CCC(=O)O2)C1=O.[Na+]. The molecule has 138 valence electrons. The number of carboxylic acids is 1. The number of rotatable bonds is 6. The first kappa shape index (κ1) is 21.6. The molecule has 2 aliphatic rings. The van der Waals surface area contributed by atoms with Gasteiger partial charge in [-0.3, -0.25) is 19.2 Å². The smallest absolute Gasteiger partial charge is 0.544 e. The number of nitrogens with zero attached hydrogens (tertiary/aromatic N) is 3. The summed E-state index contributed by atoms with van der Waals surface area (Å²) in [5.74, 6) is -3.87. The summed E-state index contributed by atoms with van der Waals surface area (Å²) in [7, 11) is 0. The summed E-state index contributed by atoms with van der Waals surface area (Å²) >= 11 is 1.12. The molecular formula is C14H13N4NaO7S. The third kappa shape index (κ3) is 4.58. The van der Waals surface area contributed by atoms with E-state index in [9.17, 15) is 24.3 Å². The van der Waals surface area contributed by atoms with E-state index in [0.717, 1.165) is 11.8 Å². The van der Waals surface area contributed by atoms with Crippen molar-refractivity contribution in [3.63, 3.8) is 0 Å². The Hall–Kier alpha value is -1.73. The van der Waals surface area contributed by atoms with E-state index in [1.165, 1.54) is 6.20 Å². The standard InChI is InChI=1S/C14H14N4O7S.Na/c19-9(7-26-10-2-1-5-15-17-10)16-8-6-24-18(12(8)21)14(13(22)23)4-3-11(20)25-14;/h1-2,5,8H,3-4,6-7H2,(H,16,19)(H,22,23);/q;+1/p-1/t8-,14?;/m0./s1. The van der Waals surface area contributed by atoms with Gasteiger partial charge in [0.15, 0.2) is 0 Å². The van der Waals surface area contributed by atoms with E-state index >= 15 is 0 Å². The second-order valence-corrected chi connectivity index (χ2v) is 6.44. The van der Waals surface area contributed by atoms with E-state index in [1.54, 1.807) is 12.1 Å². The summed E-state index contributed by atoms with van der Waals surface area (Å²) in [4.78, 5) is 52.2. The normalized spacial score (nSPS) is 24.3. The predicted octanol–water partition coefficient (Wildman–Crippen LogP) is -5.39. The largest absolute Gasteiger partial charge is 1.00 e. The van der Waals surface area contributed by atoms with E-state index < -0.39 is 35.5 Å². The molecule has 1 aromatic heterocycles. The van der Waals surface area contributed by atoms with Crippen LogP contribution in [0.2, 0.25) is 0 Å². The number of thioether (sulfide) groups is 1. The fourth-order valence-corrected chi connectivity index (χ4v) is 3.12. The second-order valence-electron chi connectivity index (χ2n) is 5.44. The maximum absolute atomic E-state index is 12.4. The zero-order valence-corrected chi connectivity index (χ0v) is 17.1. The van der Waals surface area contributed by atoms with Crippen LogP contribution in [0.5, 0.6) is 0 Å². The van der Waals surface area contributed by atoms with Crippen LogP contribution in [0, 0.1) is 0 Å². The Morgan fingerprint density at radius 1 is 1.44 bits per heavy atom. The predicted molar refractivity (Wildman–Crippen MR) is 80.5 cm³/mol. The van der Waals surface area contributed by atoms with E-state index in [4.69, 9.17) is 9.57 Å². The van der Waals surface area contributed by atoms with Gasteiger partial charge in [0, 0.05) is 12.6 Å². The van der Waals surface area contributed by atoms with Gasteiger partial charge >= 0.3 is 35.5 Å². The molecule has 1 unspecified atom stereocenters. The molecule has 0 spiro atoms. The molecule has 0 saturated carbocycles. The van der Waals surface area contributed by atoms with Crippen LogP contribution >= 0.6 is 11.8 Å². The van der Waals surface area contributed by atoms with Crippen LogP contribution in [0.3, 0.4) is 0 Å². The number of cyclic esters (lactones) is 1. The van der Waals surface area contributed by atoms with E-state index in [-0.39, 0.29) is 54.8 Å². The van der Waals surface area contributed by atoms with Crippen molar-refractivity contribution in [3.05, 3.63) is 18.3 Å². The number of ether oxygens (including phenoxy) is 1. The molecule has 2 aliphatic heterocycles. The quantitative estimate of drug-likeness (QED) is 0.276. The molecule has 0 bridgehead atoms. The van der Waals surface area contributed by atoms with Gasteiger partial charge in [-0.2, -0.15) is 10.2 Å². The summed E-state index contributed by atoms with van der Waals surface area (Å²) in [5, 5.41) is 22.4. The monoisotopic (exact) mass is 404 g/mol. The molecule has 3 rings (SSSR count). The fraction of sp³-hybridized carbons (Fsp3) is 0.429. The first-order valence-electron chi connectivity index (χ1n) is 7.52. The molecule has 0 aliphatic carbocycles. The van der Waals surface area contributed by atoms with Crippen molar-refractivity contribution in [1.82, 2.24) is 20.6 Å². The summed E-state index contributed by atoms with van der Waals surface area (Å²) in [6, 6.07) is 2.25. The van der Waals surface area contributed by atoms with Crippen LogP contribution in [0.4, 0.5) is 0 Å². The van der Waals surface area contributed by atoms with Crippen LogP contribution in [-0.2, 0) is 28.8 Å². The third-order valence-electron chi connectivity index (χ3n) is 3.70. The molecule has 27 heavy (non-hydrogen) atoms. The van der Waals surface area contributed by atoms with Gasteiger partial charge in [-0.05, 0) is 12.1 Å². The molecule has 13 heteroatoms. The molecule has 2 atom stereocenters. The second kappa shape index (κ2) is 8.97. The topological polar surface area (TPSA) is 151 Å². The molecule has 2 fully saturated rings. The van der Waals surface area contributed by atoms with Gasteiger partial charge in [0.2, 0.25) is 5.91 Å². The molecule has 11 nitrogen and oxygen atoms in total. The van der Waals surface area contributed by atoms with E-state index in [0.29, 0.717) is 10.1 Å². The molecule has 3 heterocycles. The van der Waals surface area contributed by atoms with Crippen LogP contribution < -0.4 is 40.0 Å². The molecule has 1 aromatic rings. The zero-order valence-electron chi connectivity index (χ0n) is 14.2. The maximum Gasteiger partial charge on any atom is 1.00 e. The zero-order chi connectivity index (χ0) is 18.7. The van der Waals surface area contributed by atoms with Crippen molar-refractivity contribution >= 4 is 35.5 Å². The van der Waals surface area contributed by atoms with Gasteiger partial charge in [0.05, 0.1) is 12.2 Å². The van der Waals surface area contributed by atoms with Crippen LogP contribution in [-0.4, -0.2) is 63.1 Å². The Balaban J connectivity index is 0.00000261. The number of carbonyl (C=O) groups is 4. The Labute approximate surface area is 179 Å². The van der Waals surface area contributed by atoms with Crippen molar-refractivity contribution in [3.8, 4) is 0 Å². The van der Waals surface area contributed by atoms with Crippen molar-refractivity contribution in [2.75, 3.05) is 12.4 Å². The first-order valence-corrected chi connectivity index (χ1v) is 8.51. The van der Waals surface area contributed by atoms with Crippen LogP contribution in [0.25, 0.3) is 0 Å². The number of hydrogen-bond acceptors (Lipinski definition) is 10. The summed E-state index contributed by atoms with van der Waals surface area (Å²) in [6.07, 6.45) is 1.02. The minimum atomic E-state index is -2.30. The van der Waals surface area contributed by atoms with Gasteiger partial charge in [0.25, 0.3) is 11.6 Å². The van der Waals surface area contributed by atoms with E-state index in [2.05, 4.69) is 15.5 Å². The number of aliphatic carboxylic acids is 1. The number of esters is 1. The van der Waals surface area contributed by atoms with Crippen molar-refractivity contribution in [2.24, 2.45) is 0 Å². The van der Waals surface area contributed by atoms with Crippen molar-refractivity contribution in [1.29, 1.82) is 0 Å². The van der Waals surface area contributed by atoms with Crippen LogP contribution in [0.15, 0.2) is 23.4 Å². The summed E-state index contributed by atoms with van der Waals surface area (Å²) < 4.78 is 4.77. The number of nitrogens with one attached hydrogen (secondary N) is 1. The van der Waals surface area contributed by atoms with Gasteiger partial charge in [0.1, 0.15) is 23.6 Å². The van der Waals surface area contributed by atoms with Crippen LogP contribution in [0.1, 0.15) is 12.8 Å². The number of hydroxylamine groups is 2. The molecule has 2 saturated heterocycles. The summed E-state index contributed by atoms with van der Waals surface area (Å²) in [6.45, 7) is -0.285. The summed E-state index contributed by atoms with van der Waals surface area (Å²) in [5.41, 5.74) is -2.30. The van der Waals surface area contributed by atoms with Crippen molar-refractivity contribution in [2.45, 2.75) is 29.6 Å². The minimum Gasteiger partial charge on any atom is -0.544 e. The van der Waals surface area contributed by atoms with Gasteiger partial charge < -0.3 is 20.0 Å². The first-order chi connectivity index (χ1) is 12.4. The van der Waals surface area contributed by atoms with E-state index in [1.807, 2.05) is 0 Å². The number of aromatic nitrogens is 2. The Bertz CT molecular complexity index is 752. The van der Waals surface area contributed by atoms with Gasteiger partial charge in [-0.1, -0.05) is 11.8 Å². The average molecular weight is 404 g/mol. The minimum absolute atomic E-state index is 0.